The van der Waals surface area contributed by atoms with Crippen LogP contribution in [0.25, 0.3) is 16.9 Å². The van der Waals surface area contributed by atoms with Crippen LogP contribution in [0.15, 0.2) is 48.7 Å². The van der Waals surface area contributed by atoms with Crippen LogP contribution in [0.5, 0.6) is 11.5 Å². The zero-order chi connectivity index (χ0) is 20.3. The molecule has 6 nitrogen and oxygen atoms in total. The molecule has 28 heavy (non-hydrogen) atoms. The molecule has 0 bridgehead atoms. The first-order valence-electron chi connectivity index (χ1n) is 8.82. The number of nitrogens with zero attached hydrogens (tertiary/aromatic N) is 3. The van der Waals surface area contributed by atoms with E-state index in [9.17, 15) is 4.79 Å². The summed E-state index contributed by atoms with van der Waals surface area (Å²) in [4.78, 5) is 14.6. The van der Waals surface area contributed by atoms with E-state index in [1.165, 1.54) is 0 Å². The molecule has 0 aliphatic carbocycles. The lowest BCUT2D eigenvalue weighted by molar-refractivity contribution is 0.0803. The molecular weight excluding hydrogens is 378 g/mol. The van der Waals surface area contributed by atoms with Crippen molar-refractivity contribution >= 4 is 17.5 Å². The zero-order valence-corrected chi connectivity index (χ0v) is 17.0. The maximum Gasteiger partial charge on any atom is 0.257 e. The Morgan fingerprint density at radius 1 is 1.11 bits per heavy atom. The zero-order valence-electron chi connectivity index (χ0n) is 16.3. The quantitative estimate of drug-likeness (QED) is 0.620. The molecule has 7 heteroatoms. The fraction of sp³-hybridized carbons (Fsp3) is 0.238. The highest BCUT2D eigenvalue weighted by Crippen LogP contribution is 2.35. The Morgan fingerprint density at radius 2 is 1.79 bits per heavy atom. The molecule has 0 radical (unpaired) electrons. The third-order valence-corrected chi connectivity index (χ3v) is 4.80. The monoisotopic (exact) mass is 399 g/mol. The van der Waals surface area contributed by atoms with Crippen molar-refractivity contribution in [2.24, 2.45) is 0 Å². The van der Waals surface area contributed by atoms with Gasteiger partial charge in [-0.1, -0.05) is 11.6 Å². The molecule has 1 aromatic heterocycles. The number of benzene rings is 2. The van der Waals surface area contributed by atoms with Gasteiger partial charge in [-0.25, -0.2) is 4.68 Å². The number of halogens is 1. The molecule has 0 aliphatic heterocycles. The van der Waals surface area contributed by atoms with E-state index in [0.717, 1.165) is 11.3 Å². The number of carbonyl (C=O) groups excluding carboxylic acids is 1. The summed E-state index contributed by atoms with van der Waals surface area (Å²) < 4.78 is 12.5. The predicted octanol–water partition coefficient (Wildman–Crippen LogP) is 4.30. The summed E-state index contributed by atoms with van der Waals surface area (Å²) >= 11 is 6.02. The molecule has 1 amide bonds. The summed E-state index contributed by atoms with van der Waals surface area (Å²) in [5, 5.41) is 5.11. The highest BCUT2D eigenvalue weighted by Gasteiger charge is 2.23. The number of amides is 1. The SMILES string of the molecule is CCN(C)C(=O)c1cnn(-c2ccc(Cl)cc2)c1-c1ccc(OC)c(OC)c1. The van der Waals surface area contributed by atoms with Gasteiger partial charge >= 0.3 is 0 Å². The van der Waals surface area contributed by atoms with Gasteiger partial charge in [0.05, 0.1) is 37.4 Å². The van der Waals surface area contributed by atoms with Gasteiger partial charge in [0, 0.05) is 24.2 Å². The van der Waals surface area contributed by atoms with E-state index in [0.29, 0.717) is 34.3 Å². The van der Waals surface area contributed by atoms with Gasteiger partial charge in [0.15, 0.2) is 11.5 Å². The Labute approximate surface area is 169 Å². The van der Waals surface area contributed by atoms with Crippen LogP contribution in [-0.4, -0.2) is 48.4 Å². The first-order chi connectivity index (χ1) is 13.5. The Bertz CT molecular complexity index is 983. The Kier molecular flexibility index (Phi) is 5.90. The molecule has 0 unspecified atom stereocenters. The first kappa shape index (κ1) is 19.8. The van der Waals surface area contributed by atoms with Gasteiger partial charge in [0.2, 0.25) is 0 Å². The normalized spacial score (nSPS) is 10.6. The van der Waals surface area contributed by atoms with Crippen molar-refractivity contribution in [1.29, 1.82) is 0 Å². The number of hydrogen-bond donors (Lipinski definition) is 0. The number of ether oxygens (including phenoxy) is 2. The smallest absolute Gasteiger partial charge is 0.257 e. The van der Waals surface area contributed by atoms with E-state index in [2.05, 4.69) is 5.10 Å². The van der Waals surface area contributed by atoms with Crippen molar-refractivity contribution in [3.05, 3.63) is 59.2 Å². The summed E-state index contributed by atoms with van der Waals surface area (Å²) in [6, 6.07) is 12.8. The van der Waals surface area contributed by atoms with E-state index < -0.39 is 0 Å². The topological polar surface area (TPSA) is 56.6 Å². The van der Waals surface area contributed by atoms with Crippen LogP contribution in [0.4, 0.5) is 0 Å². The third-order valence-electron chi connectivity index (χ3n) is 4.55. The van der Waals surface area contributed by atoms with Crippen LogP contribution in [0.2, 0.25) is 5.02 Å². The number of rotatable bonds is 6. The molecule has 0 N–H and O–H groups in total. The lowest BCUT2D eigenvalue weighted by Gasteiger charge is -2.16. The maximum absolute atomic E-state index is 12.9. The molecule has 1 heterocycles. The second-order valence-corrected chi connectivity index (χ2v) is 6.62. The summed E-state index contributed by atoms with van der Waals surface area (Å²) in [6.07, 6.45) is 1.59. The van der Waals surface area contributed by atoms with Crippen molar-refractivity contribution in [1.82, 2.24) is 14.7 Å². The molecule has 0 saturated carbocycles. The molecule has 2 aromatic carbocycles. The lowest BCUT2D eigenvalue weighted by Crippen LogP contribution is -2.26. The Balaban J connectivity index is 2.22. The predicted molar refractivity (Wildman–Crippen MR) is 110 cm³/mol. The minimum Gasteiger partial charge on any atom is -0.493 e. The minimum absolute atomic E-state index is 0.104. The van der Waals surface area contributed by atoms with E-state index in [1.54, 1.807) is 49.2 Å². The maximum atomic E-state index is 12.9. The van der Waals surface area contributed by atoms with E-state index in [4.69, 9.17) is 21.1 Å². The lowest BCUT2D eigenvalue weighted by atomic mass is 10.1. The average molecular weight is 400 g/mol. The fourth-order valence-corrected chi connectivity index (χ4v) is 3.02. The van der Waals surface area contributed by atoms with Gasteiger partial charge in [0.1, 0.15) is 0 Å². The summed E-state index contributed by atoms with van der Waals surface area (Å²) in [5.41, 5.74) is 2.77. The molecule has 0 fully saturated rings. The van der Waals surface area contributed by atoms with E-state index >= 15 is 0 Å². The van der Waals surface area contributed by atoms with E-state index in [-0.39, 0.29) is 5.91 Å². The first-order valence-corrected chi connectivity index (χ1v) is 9.19. The number of carbonyl (C=O) groups is 1. The van der Waals surface area contributed by atoms with Crippen molar-refractivity contribution < 1.29 is 14.3 Å². The molecule has 0 atom stereocenters. The van der Waals surface area contributed by atoms with Crippen molar-refractivity contribution in [3.63, 3.8) is 0 Å². The standard InChI is InChI=1S/C21H22ClN3O3/c1-5-24(2)21(26)17-13-23-25(16-9-7-15(22)8-10-16)20(17)14-6-11-18(27-3)19(12-14)28-4/h6-13H,5H2,1-4H3. The highest BCUT2D eigenvalue weighted by atomic mass is 35.5. The number of aromatic nitrogens is 2. The van der Waals surface area contributed by atoms with Gasteiger partial charge in [-0.15, -0.1) is 0 Å². The summed E-state index contributed by atoms with van der Waals surface area (Å²) in [6.45, 7) is 2.52. The van der Waals surface area contributed by atoms with Gasteiger partial charge in [-0.05, 0) is 49.4 Å². The fourth-order valence-electron chi connectivity index (χ4n) is 2.89. The number of hydrogen-bond acceptors (Lipinski definition) is 4. The van der Waals surface area contributed by atoms with Gasteiger partial charge in [0.25, 0.3) is 5.91 Å². The van der Waals surface area contributed by atoms with Crippen molar-refractivity contribution in [2.45, 2.75) is 6.92 Å². The Morgan fingerprint density at radius 3 is 2.39 bits per heavy atom. The Hall–Kier alpha value is -2.99. The molecule has 0 aliphatic rings. The number of methoxy groups -OCH3 is 2. The molecule has 146 valence electrons. The van der Waals surface area contributed by atoms with Gasteiger partial charge < -0.3 is 14.4 Å². The van der Waals surface area contributed by atoms with Crippen LogP contribution < -0.4 is 9.47 Å². The van der Waals surface area contributed by atoms with Crippen molar-refractivity contribution in [2.75, 3.05) is 27.8 Å². The molecular formula is C21H22ClN3O3. The van der Waals surface area contributed by atoms with Crippen LogP contribution >= 0.6 is 11.6 Å². The molecule has 3 rings (SSSR count). The minimum atomic E-state index is -0.104. The molecule has 0 spiro atoms. The highest BCUT2D eigenvalue weighted by molar-refractivity contribution is 6.30. The molecule has 0 saturated heterocycles. The third kappa shape index (κ3) is 3.68. The van der Waals surface area contributed by atoms with Gasteiger partial charge in [-0.3, -0.25) is 4.79 Å². The van der Waals surface area contributed by atoms with E-state index in [1.807, 2.05) is 37.3 Å². The second-order valence-electron chi connectivity index (χ2n) is 6.18. The largest absolute Gasteiger partial charge is 0.493 e. The van der Waals surface area contributed by atoms with Crippen LogP contribution in [0, 0.1) is 0 Å². The van der Waals surface area contributed by atoms with Gasteiger partial charge in [-0.2, -0.15) is 5.10 Å². The summed E-state index contributed by atoms with van der Waals surface area (Å²) in [7, 11) is 4.93. The van der Waals surface area contributed by atoms with Crippen LogP contribution in [0.3, 0.4) is 0 Å². The molecule has 3 aromatic rings. The second kappa shape index (κ2) is 8.35. The average Bonchev–Trinajstić information content (AvgIpc) is 3.17. The van der Waals surface area contributed by atoms with Crippen molar-refractivity contribution in [3.8, 4) is 28.4 Å². The van der Waals surface area contributed by atoms with Crippen LogP contribution in [-0.2, 0) is 0 Å². The van der Waals surface area contributed by atoms with Crippen LogP contribution in [0.1, 0.15) is 17.3 Å². The summed E-state index contributed by atoms with van der Waals surface area (Å²) in [5.74, 6) is 1.08.